The number of nitrogens with two attached hydrogens (primary N) is 1. The maximum absolute atomic E-state index is 12.1. The van der Waals surface area contributed by atoms with E-state index in [0.717, 1.165) is 32.3 Å². The van der Waals surface area contributed by atoms with Crippen LogP contribution in [0.5, 0.6) is 0 Å². The molecule has 1 saturated carbocycles. The molecule has 0 aromatic heterocycles. The molecule has 0 spiro atoms. The number of hydrogen-bond donors (Lipinski definition) is 2. The van der Waals surface area contributed by atoms with Crippen molar-refractivity contribution in [3.8, 4) is 0 Å². The second-order valence-corrected chi connectivity index (χ2v) is 6.08. The van der Waals surface area contributed by atoms with Crippen molar-refractivity contribution in [2.45, 2.75) is 69.9 Å². The van der Waals surface area contributed by atoms with Crippen LogP contribution in [0.1, 0.15) is 57.8 Å². The smallest absolute Gasteiger partial charge is 0.222 e. The van der Waals surface area contributed by atoms with E-state index in [0.29, 0.717) is 12.3 Å². The Hall–Kier alpha value is -1.10. The van der Waals surface area contributed by atoms with Gasteiger partial charge in [0, 0.05) is 19.1 Å². The van der Waals surface area contributed by atoms with Gasteiger partial charge in [0.15, 0.2) is 0 Å². The second kappa shape index (κ2) is 7.62. The van der Waals surface area contributed by atoms with Crippen molar-refractivity contribution in [3.05, 3.63) is 0 Å². The Morgan fingerprint density at radius 1 is 1.15 bits per heavy atom. The summed E-state index contributed by atoms with van der Waals surface area (Å²) in [7, 11) is 0. The zero-order valence-electron chi connectivity index (χ0n) is 12.1. The summed E-state index contributed by atoms with van der Waals surface area (Å²) in [6.07, 6.45) is 8.48. The van der Waals surface area contributed by atoms with Gasteiger partial charge in [-0.1, -0.05) is 19.3 Å². The third-order valence-electron chi connectivity index (χ3n) is 4.42. The van der Waals surface area contributed by atoms with Crippen molar-refractivity contribution in [2.24, 2.45) is 11.7 Å². The quantitative estimate of drug-likeness (QED) is 0.774. The second-order valence-electron chi connectivity index (χ2n) is 6.08. The van der Waals surface area contributed by atoms with Gasteiger partial charge in [-0.05, 0) is 31.6 Å². The van der Waals surface area contributed by atoms with Crippen LogP contribution in [0.2, 0.25) is 0 Å². The molecule has 1 aliphatic heterocycles. The molecule has 2 atom stereocenters. The summed E-state index contributed by atoms with van der Waals surface area (Å²) in [5.41, 5.74) is 5.32. The highest BCUT2D eigenvalue weighted by atomic mass is 16.5. The van der Waals surface area contributed by atoms with E-state index in [2.05, 4.69) is 5.32 Å². The molecule has 20 heavy (non-hydrogen) atoms. The Kier molecular flexibility index (Phi) is 5.83. The number of carbonyl (C=O) groups is 2. The van der Waals surface area contributed by atoms with Gasteiger partial charge in [0.2, 0.25) is 11.8 Å². The first kappa shape index (κ1) is 15.3. The first-order chi connectivity index (χ1) is 9.65. The molecule has 5 heteroatoms. The number of nitrogens with one attached hydrogen (secondary N) is 1. The van der Waals surface area contributed by atoms with Gasteiger partial charge < -0.3 is 15.8 Å². The maximum atomic E-state index is 12.1. The normalized spacial score (nSPS) is 25.3. The van der Waals surface area contributed by atoms with Gasteiger partial charge in [-0.3, -0.25) is 9.59 Å². The van der Waals surface area contributed by atoms with Crippen LogP contribution in [-0.2, 0) is 14.3 Å². The highest BCUT2D eigenvalue weighted by molar-refractivity contribution is 5.79. The van der Waals surface area contributed by atoms with Crippen molar-refractivity contribution < 1.29 is 14.3 Å². The van der Waals surface area contributed by atoms with Gasteiger partial charge in [-0.15, -0.1) is 0 Å². The van der Waals surface area contributed by atoms with E-state index in [1.54, 1.807) is 0 Å². The predicted octanol–water partition coefficient (Wildman–Crippen LogP) is 1.50. The van der Waals surface area contributed by atoms with Crippen LogP contribution in [0, 0.1) is 5.92 Å². The Morgan fingerprint density at radius 3 is 2.50 bits per heavy atom. The first-order valence-electron chi connectivity index (χ1n) is 7.84. The van der Waals surface area contributed by atoms with Crippen LogP contribution in [0.3, 0.4) is 0 Å². The van der Waals surface area contributed by atoms with E-state index < -0.39 is 0 Å². The molecule has 0 aromatic carbocycles. The summed E-state index contributed by atoms with van der Waals surface area (Å²) in [5.74, 6) is 0.0522. The van der Waals surface area contributed by atoms with Gasteiger partial charge in [0.05, 0.1) is 12.5 Å². The predicted molar refractivity (Wildman–Crippen MR) is 75.9 cm³/mol. The third-order valence-corrected chi connectivity index (χ3v) is 4.42. The fourth-order valence-electron chi connectivity index (χ4n) is 3.37. The average Bonchev–Trinajstić information content (AvgIpc) is 2.91. The number of primary amides is 1. The minimum atomic E-state index is -0.335. The summed E-state index contributed by atoms with van der Waals surface area (Å²) >= 11 is 0. The Balaban J connectivity index is 1.84. The average molecular weight is 282 g/mol. The molecule has 1 heterocycles. The highest BCUT2D eigenvalue weighted by Gasteiger charge is 2.28. The maximum Gasteiger partial charge on any atom is 0.222 e. The summed E-state index contributed by atoms with van der Waals surface area (Å²) < 4.78 is 5.48. The molecule has 2 fully saturated rings. The molecule has 0 bridgehead atoms. The van der Waals surface area contributed by atoms with Crippen LogP contribution in [0.4, 0.5) is 0 Å². The van der Waals surface area contributed by atoms with Gasteiger partial charge >= 0.3 is 0 Å². The first-order valence-corrected chi connectivity index (χ1v) is 7.84. The van der Waals surface area contributed by atoms with Crippen molar-refractivity contribution in [1.29, 1.82) is 0 Å². The molecule has 5 nitrogen and oxygen atoms in total. The highest BCUT2D eigenvalue weighted by Crippen LogP contribution is 2.28. The van der Waals surface area contributed by atoms with Crippen molar-refractivity contribution in [3.63, 3.8) is 0 Å². The molecular weight excluding hydrogens is 256 g/mol. The molecule has 0 aromatic rings. The standard InChI is InChI=1S/C15H26N2O3/c16-14(18)10-13(11-5-2-1-3-6-11)17-15(19)9-12-7-4-8-20-12/h11-13H,1-10H2,(H2,16,18)(H,17,19)/t12-,13-/m1/s1. The lowest BCUT2D eigenvalue weighted by molar-refractivity contribution is -0.125. The zero-order valence-corrected chi connectivity index (χ0v) is 12.1. The van der Waals surface area contributed by atoms with E-state index in [1.807, 2.05) is 0 Å². The number of amides is 2. The molecule has 2 aliphatic rings. The monoisotopic (exact) mass is 282 g/mol. The van der Waals surface area contributed by atoms with Crippen molar-refractivity contribution in [2.75, 3.05) is 6.61 Å². The lowest BCUT2D eigenvalue weighted by Crippen LogP contribution is -2.44. The Bertz CT molecular complexity index is 334. The van der Waals surface area contributed by atoms with Crippen LogP contribution in [0.25, 0.3) is 0 Å². The summed E-state index contributed by atoms with van der Waals surface area (Å²) in [6, 6.07) is -0.0956. The van der Waals surface area contributed by atoms with E-state index >= 15 is 0 Å². The van der Waals surface area contributed by atoms with Crippen molar-refractivity contribution >= 4 is 11.8 Å². The molecule has 1 aliphatic carbocycles. The topological polar surface area (TPSA) is 81.4 Å². The largest absolute Gasteiger partial charge is 0.378 e. The molecule has 2 rings (SSSR count). The summed E-state index contributed by atoms with van der Waals surface area (Å²) in [6.45, 7) is 0.755. The fourth-order valence-corrected chi connectivity index (χ4v) is 3.37. The van der Waals surface area contributed by atoms with Gasteiger partial charge in [0.25, 0.3) is 0 Å². The fraction of sp³-hybridized carbons (Fsp3) is 0.867. The van der Waals surface area contributed by atoms with E-state index in [-0.39, 0.29) is 30.4 Å². The van der Waals surface area contributed by atoms with Gasteiger partial charge in [-0.25, -0.2) is 0 Å². The minimum Gasteiger partial charge on any atom is -0.378 e. The van der Waals surface area contributed by atoms with Crippen molar-refractivity contribution in [1.82, 2.24) is 5.32 Å². The molecule has 0 radical (unpaired) electrons. The van der Waals surface area contributed by atoms with Crippen LogP contribution in [0.15, 0.2) is 0 Å². The summed E-state index contributed by atoms with van der Waals surface area (Å²) in [5, 5.41) is 3.03. The molecule has 3 N–H and O–H groups in total. The molecule has 0 unspecified atom stereocenters. The van der Waals surface area contributed by atoms with Crippen LogP contribution < -0.4 is 11.1 Å². The number of hydrogen-bond acceptors (Lipinski definition) is 3. The van der Waals surface area contributed by atoms with Crippen LogP contribution in [-0.4, -0.2) is 30.6 Å². The summed E-state index contributed by atoms with van der Waals surface area (Å²) in [4.78, 5) is 23.3. The lowest BCUT2D eigenvalue weighted by atomic mass is 9.82. The molecular formula is C15H26N2O3. The number of carbonyl (C=O) groups excluding carboxylic acids is 2. The minimum absolute atomic E-state index is 0.00581. The SMILES string of the molecule is NC(=O)C[C@@H](NC(=O)C[C@H]1CCCO1)C1CCCCC1. The van der Waals surface area contributed by atoms with E-state index in [4.69, 9.17) is 10.5 Å². The van der Waals surface area contributed by atoms with E-state index in [1.165, 1.54) is 19.3 Å². The van der Waals surface area contributed by atoms with E-state index in [9.17, 15) is 9.59 Å². The number of ether oxygens (including phenoxy) is 1. The van der Waals surface area contributed by atoms with Gasteiger partial charge in [0.1, 0.15) is 0 Å². The molecule has 2 amide bonds. The molecule has 114 valence electrons. The Morgan fingerprint density at radius 2 is 1.90 bits per heavy atom. The molecule has 1 saturated heterocycles. The zero-order chi connectivity index (χ0) is 14.4. The third kappa shape index (κ3) is 4.78. The van der Waals surface area contributed by atoms with Crippen LogP contribution >= 0.6 is 0 Å². The Labute approximate surface area is 120 Å². The van der Waals surface area contributed by atoms with Gasteiger partial charge in [-0.2, -0.15) is 0 Å². The number of rotatable bonds is 6. The lowest BCUT2D eigenvalue weighted by Gasteiger charge is -2.30.